The third kappa shape index (κ3) is 2.83. The molecule has 0 spiro atoms. The number of carbonyl (C=O) groups excluding carboxylic acids is 1. The summed E-state index contributed by atoms with van der Waals surface area (Å²) < 4.78 is 27.2. The average molecular weight is 252 g/mol. The van der Waals surface area contributed by atoms with E-state index < -0.39 is 25.3 Å². The van der Waals surface area contributed by atoms with Crippen molar-refractivity contribution in [1.29, 1.82) is 0 Å². The van der Waals surface area contributed by atoms with Gasteiger partial charge in [0.1, 0.15) is 6.10 Å². The fourth-order valence-electron chi connectivity index (χ4n) is 1.58. The zero-order valence-corrected chi connectivity index (χ0v) is 10.3. The Balaban J connectivity index is 2.79. The van der Waals surface area contributed by atoms with Crippen LogP contribution in [0, 0.1) is 0 Å². The maximum Gasteiger partial charge on any atom is 0.345 e. The Morgan fingerprint density at radius 3 is 2.38 bits per heavy atom. The van der Waals surface area contributed by atoms with Crippen molar-refractivity contribution in [3.63, 3.8) is 0 Å². The monoisotopic (exact) mass is 252 g/mol. The number of carbonyl (C=O) groups is 1. The zero-order valence-electron chi connectivity index (χ0n) is 9.42. The van der Waals surface area contributed by atoms with Crippen LogP contribution in [0.1, 0.15) is 20.3 Å². The molecule has 16 heavy (non-hydrogen) atoms. The van der Waals surface area contributed by atoms with Crippen molar-refractivity contribution in [3.05, 3.63) is 0 Å². The van der Waals surface area contributed by atoms with Crippen molar-refractivity contribution < 1.29 is 28.3 Å². The van der Waals surface area contributed by atoms with E-state index in [1.807, 2.05) is 0 Å². The Labute approximate surface area is 94.4 Å². The number of aliphatic hydroxyl groups is 1. The Hall–Kier alpha value is -0.420. The highest BCUT2D eigenvalue weighted by atomic mass is 31.2. The second kappa shape index (κ2) is 5.77. The van der Waals surface area contributed by atoms with Gasteiger partial charge in [-0.3, -0.25) is 9.36 Å². The first kappa shape index (κ1) is 13.6. The van der Waals surface area contributed by atoms with Crippen molar-refractivity contribution in [2.45, 2.75) is 32.0 Å². The van der Waals surface area contributed by atoms with Crippen LogP contribution in [-0.4, -0.2) is 42.7 Å². The SMILES string of the molecule is CCOP(=O)(OCC)C1CC(CO)OC1=O. The highest BCUT2D eigenvalue weighted by molar-refractivity contribution is 7.55. The molecule has 0 radical (unpaired) electrons. The van der Waals surface area contributed by atoms with Crippen molar-refractivity contribution in [1.82, 2.24) is 0 Å². The quantitative estimate of drug-likeness (QED) is 0.559. The largest absolute Gasteiger partial charge is 0.459 e. The molecule has 0 amide bonds. The minimum Gasteiger partial charge on any atom is -0.459 e. The van der Waals surface area contributed by atoms with Crippen LogP contribution in [-0.2, 0) is 23.1 Å². The molecule has 1 heterocycles. The predicted octanol–water partition coefficient (Wildman–Crippen LogP) is 0.929. The molecule has 1 saturated heterocycles. The summed E-state index contributed by atoms with van der Waals surface area (Å²) in [5.41, 5.74) is -0.912. The lowest BCUT2D eigenvalue weighted by Crippen LogP contribution is -2.18. The van der Waals surface area contributed by atoms with Gasteiger partial charge in [0.05, 0.1) is 19.8 Å². The summed E-state index contributed by atoms with van der Waals surface area (Å²) in [4.78, 5) is 11.5. The summed E-state index contributed by atoms with van der Waals surface area (Å²) in [7, 11) is -3.46. The van der Waals surface area contributed by atoms with E-state index in [0.29, 0.717) is 0 Å². The standard InChI is InChI=1S/C9H17O6P/c1-3-13-16(12,14-4-2)8-5-7(6-10)15-9(8)11/h7-8,10H,3-6H2,1-2H3. The molecule has 1 rings (SSSR count). The van der Waals surface area contributed by atoms with Gasteiger partial charge in [0.25, 0.3) is 0 Å². The fraction of sp³-hybridized carbons (Fsp3) is 0.889. The van der Waals surface area contributed by atoms with Gasteiger partial charge in [-0.05, 0) is 13.8 Å². The number of cyclic esters (lactones) is 1. The van der Waals surface area contributed by atoms with Gasteiger partial charge in [0.15, 0.2) is 5.66 Å². The Morgan fingerprint density at radius 1 is 1.44 bits per heavy atom. The third-order valence-corrected chi connectivity index (χ3v) is 4.67. The predicted molar refractivity (Wildman–Crippen MR) is 56.2 cm³/mol. The molecule has 0 aromatic heterocycles. The van der Waals surface area contributed by atoms with E-state index in [1.54, 1.807) is 13.8 Å². The first-order chi connectivity index (χ1) is 7.57. The Bertz CT molecular complexity index is 282. The molecule has 94 valence electrons. The molecular formula is C9H17O6P. The van der Waals surface area contributed by atoms with Crippen LogP contribution in [0.5, 0.6) is 0 Å². The normalized spacial score (nSPS) is 25.8. The summed E-state index contributed by atoms with van der Waals surface area (Å²) in [5.74, 6) is -0.621. The van der Waals surface area contributed by atoms with E-state index in [1.165, 1.54) is 0 Å². The molecule has 0 saturated carbocycles. The van der Waals surface area contributed by atoms with Crippen LogP contribution in [0.25, 0.3) is 0 Å². The Morgan fingerprint density at radius 2 is 2.00 bits per heavy atom. The van der Waals surface area contributed by atoms with Gasteiger partial charge in [-0.25, -0.2) is 0 Å². The van der Waals surface area contributed by atoms with Gasteiger partial charge >= 0.3 is 13.6 Å². The highest BCUT2D eigenvalue weighted by Gasteiger charge is 2.48. The van der Waals surface area contributed by atoms with Gasteiger partial charge in [-0.15, -0.1) is 0 Å². The minimum absolute atomic E-state index is 0.173. The summed E-state index contributed by atoms with van der Waals surface area (Å²) in [6.45, 7) is 3.47. The maximum atomic E-state index is 12.3. The third-order valence-electron chi connectivity index (χ3n) is 2.24. The van der Waals surface area contributed by atoms with Crippen LogP contribution < -0.4 is 0 Å². The first-order valence-electron chi connectivity index (χ1n) is 5.27. The number of aliphatic hydroxyl groups excluding tert-OH is 1. The smallest absolute Gasteiger partial charge is 0.345 e. The molecule has 2 atom stereocenters. The first-order valence-corrected chi connectivity index (χ1v) is 6.88. The van der Waals surface area contributed by atoms with Gasteiger partial charge in [-0.1, -0.05) is 0 Å². The molecule has 0 aliphatic carbocycles. The maximum absolute atomic E-state index is 12.3. The second-order valence-corrected chi connectivity index (χ2v) is 5.59. The topological polar surface area (TPSA) is 82.1 Å². The number of hydrogen-bond acceptors (Lipinski definition) is 6. The van der Waals surface area contributed by atoms with Gasteiger partial charge in [-0.2, -0.15) is 0 Å². The lowest BCUT2D eigenvalue weighted by atomic mass is 10.2. The van der Waals surface area contributed by atoms with Gasteiger partial charge in [0.2, 0.25) is 0 Å². The van der Waals surface area contributed by atoms with E-state index in [0.717, 1.165) is 0 Å². The molecule has 0 aromatic carbocycles. The van der Waals surface area contributed by atoms with Crippen LogP contribution in [0.15, 0.2) is 0 Å². The summed E-state index contributed by atoms with van der Waals surface area (Å²) in [6.07, 6.45) is -0.432. The summed E-state index contributed by atoms with van der Waals surface area (Å²) in [5, 5.41) is 8.88. The highest BCUT2D eigenvalue weighted by Crippen LogP contribution is 2.56. The van der Waals surface area contributed by atoms with Crippen LogP contribution in [0.2, 0.25) is 0 Å². The molecule has 0 aromatic rings. The van der Waals surface area contributed by atoms with E-state index in [-0.39, 0.29) is 26.2 Å². The fourth-order valence-corrected chi connectivity index (χ4v) is 3.55. The van der Waals surface area contributed by atoms with Crippen LogP contribution >= 0.6 is 7.60 Å². The number of rotatable bonds is 6. The molecule has 7 heteroatoms. The average Bonchev–Trinajstić information content (AvgIpc) is 2.61. The Kier molecular flexibility index (Phi) is 4.92. The van der Waals surface area contributed by atoms with Gasteiger partial charge < -0.3 is 18.9 Å². The lowest BCUT2D eigenvalue weighted by Gasteiger charge is -2.19. The van der Waals surface area contributed by atoms with E-state index in [4.69, 9.17) is 18.9 Å². The molecule has 1 aliphatic rings. The summed E-state index contributed by atoms with van der Waals surface area (Å²) in [6, 6.07) is 0. The molecule has 6 nitrogen and oxygen atoms in total. The molecule has 1 N–H and O–H groups in total. The van der Waals surface area contributed by atoms with Crippen molar-refractivity contribution in [3.8, 4) is 0 Å². The van der Waals surface area contributed by atoms with Crippen molar-refractivity contribution in [2.75, 3.05) is 19.8 Å². The second-order valence-electron chi connectivity index (χ2n) is 3.37. The summed E-state index contributed by atoms with van der Waals surface area (Å²) >= 11 is 0. The lowest BCUT2D eigenvalue weighted by molar-refractivity contribution is -0.142. The van der Waals surface area contributed by atoms with Crippen molar-refractivity contribution >= 4 is 13.6 Å². The van der Waals surface area contributed by atoms with E-state index >= 15 is 0 Å². The number of esters is 1. The van der Waals surface area contributed by atoms with Crippen LogP contribution in [0.3, 0.4) is 0 Å². The molecular weight excluding hydrogens is 235 g/mol. The van der Waals surface area contributed by atoms with Crippen LogP contribution in [0.4, 0.5) is 0 Å². The number of ether oxygens (including phenoxy) is 1. The molecule has 1 fully saturated rings. The molecule has 2 unspecified atom stereocenters. The minimum atomic E-state index is -3.46. The van der Waals surface area contributed by atoms with Crippen molar-refractivity contribution in [2.24, 2.45) is 0 Å². The number of hydrogen-bond donors (Lipinski definition) is 1. The zero-order chi connectivity index (χ0) is 12.2. The molecule has 0 bridgehead atoms. The van der Waals surface area contributed by atoms with E-state index in [9.17, 15) is 9.36 Å². The molecule has 1 aliphatic heterocycles. The van der Waals surface area contributed by atoms with E-state index in [2.05, 4.69) is 0 Å². The van der Waals surface area contributed by atoms with Gasteiger partial charge in [0, 0.05) is 6.42 Å².